The Morgan fingerprint density at radius 1 is 1.05 bits per heavy atom. The third kappa shape index (κ3) is 5.62. The van der Waals surface area contributed by atoms with Gasteiger partial charge in [-0.15, -0.1) is 0 Å². The number of sulfone groups is 1. The number of amides is 1. The standard InChI is InChI=1S/C29H28FN3O4S/c1-37-26-12-7-11-22(16-26)28(34)32(24-14-15-24)19-25-17-31-29(33(25)18-21-8-3-2-4-9-21)38(35,36)20-23-10-5-6-13-27(23)30/h2-13,16-17,24H,14-15,18-20H2,1H3. The van der Waals surface area contributed by atoms with E-state index in [0.29, 0.717) is 17.0 Å². The summed E-state index contributed by atoms with van der Waals surface area (Å²) >= 11 is 0. The van der Waals surface area contributed by atoms with Gasteiger partial charge in [0.25, 0.3) is 5.91 Å². The molecule has 1 aromatic heterocycles. The minimum absolute atomic E-state index is 0.0623. The van der Waals surface area contributed by atoms with E-state index < -0.39 is 21.4 Å². The first-order chi connectivity index (χ1) is 18.4. The fourth-order valence-electron chi connectivity index (χ4n) is 4.44. The molecule has 7 nitrogen and oxygen atoms in total. The number of carbonyl (C=O) groups is 1. The van der Waals surface area contributed by atoms with E-state index in [9.17, 15) is 17.6 Å². The summed E-state index contributed by atoms with van der Waals surface area (Å²) in [6, 6.07) is 22.3. The molecule has 1 aliphatic rings. The summed E-state index contributed by atoms with van der Waals surface area (Å²) in [4.78, 5) is 19.6. The first-order valence-corrected chi connectivity index (χ1v) is 14.0. The monoisotopic (exact) mass is 533 g/mol. The lowest BCUT2D eigenvalue weighted by atomic mass is 10.1. The molecular formula is C29H28FN3O4S. The molecule has 1 saturated carbocycles. The van der Waals surface area contributed by atoms with Crippen molar-refractivity contribution in [2.45, 2.75) is 42.9 Å². The van der Waals surface area contributed by atoms with Gasteiger partial charge in [0.2, 0.25) is 15.0 Å². The van der Waals surface area contributed by atoms with Crippen LogP contribution in [-0.2, 0) is 28.7 Å². The lowest BCUT2D eigenvalue weighted by molar-refractivity contribution is 0.0725. The van der Waals surface area contributed by atoms with Crippen molar-refractivity contribution >= 4 is 15.7 Å². The minimum atomic E-state index is -4.00. The molecule has 0 N–H and O–H groups in total. The molecule has 0 saturated heterocycles. The van der Waals surface area contributed by atoms with Crippen molar-refractivity contribution in [2.75, 3.05) is 7.11 Å². The summed E-state index contributed by atoms with van der Waals surface area (Å²) in [6.07, 6.45) is 3.26. The highest BCUT2D eigenvalue weighted by molar-refractivity contribution is 7.90. The van der Waals surface area contributed by atoms with E-state index in [1.807, 2.05) is 30.3 Å². The summed E-state index contributed by atoms with van der Waals surface area (Å²) in [5, 5.41) is -0.149. The summed E-state index contributed by atoms with van der Waals surface area (Å²) in [6.45, 7) is 0.434. The maximum atomic E-state index is 14.3. The Kier molecular flexibility index (Phi) is 7.28. The predicted molar refractivity (Wildman–Crippen MR) is 141 cm³/mol. The van der Waals surface area contributed by atoms with E-state index in [0.717, 1.165) is 18.4 Å². The summed E-state index contributed by atoms with van der Waals surface area (Å²) in [5.74, 6) is -0.668. The molecule has 0 spiro atoms. The van der Waals surface area contributed by atoms with Crippen LogP contribution in [0.3, 0.4) is 0 Å². The quantitative estimate of drug-likeness (QED) is 0.291. The molecule has 5 rings (SSSR count). The number of ether oxygens (including phenoxy) is 1. The van der Waals surface area contributed by atoms with E-state index in [2.05, 4.69) is 4.98 Å². The molecule has 1 fully saturated rings. The molecule has 1 heterocycles. The van der Waals surface area contributed by atoms with Gasteiger partial charge in [-0.1, -0.05) is 54.6 Å². The zero-order valence-electron chi connectivity index (χ0n) is 21.0. The van der Waals surface area contributed by atoms with Crippen LogP contribution in [0.15, 0.2) is 90.2 Å². The number of carbonyl (C=O) groups excluding carboxylic acids is 1. The van der Waals surface area contributed by atoms with E-state index in [1.54, 1.807) is 46.9 Å². The molecule has 0 unspecified atom stereocenters. The number of imidazole rings is 1. The topological polar surface area (TPSA) is 81.5 Å². The number of hydrogen-bond acceptors (Lipinski definition) is 5. The number of nitrogens with zero attached hydrogens (tertiary/aromatic N) is 3. The van der Waals surface area contributed by atoms with Crippen LogP contribution in [-0.4, -0.2) is 41.9 Å². The van der Waals surface area contributed by atoms with Crippen LogP contribution in [0.5, 0.6) is 5.75 Å². The molecule has 0 atom stereocenters. The van der Waals surface area contributed by atoms with Crippen molar-refractivity contribution in [2.24, 2.45) is 0 Å². The Hall–Kier alpha value is -3.98. The molecule has 0 radical (unpaired) electrons. The lowest BCUT2D eigenvalue weighted by Gasteiger charge is -2.24. The molecule has 0 bridgehead atoms. The van der Waals surface area contributed by atoms with E-state index in [1.165, 1.54) is 24.4 Å². The van der Waals surface area contributed by atoms with Crippen LogP contribution in [0.1, 0.15) is 40.0 Å². The lowest BCUT2D eigenvalue weighted by Crippen LogP contribution is -2.33. The van der Waals surface area contributed by atoms with Crippen molar-refractivity contribution in [3.05, 3.63) is 113 Å². The van der Waals surface area contributed by atoms with Gasteiger partial charge in [-0.05, 0) is 42.7 Å². The largest absolute Gasteiger partial charge is 0.497 e. The predicted octanol–water partition coefficient (Wildman–Crippen LogP) is 4.86. The normalized spacial score (nSPS) is 13.3. The van der Waals surface area contributed by atoms with Crippen LogP contribution in [0.4, 0.5) is 4.39 Å². The zero-order valence-corrected chi connectivity index (χ0v) is 21.8. The highest BCUT2D eigenvalue weighted by Crippen LogP contribution is 2.31. The van der Waals surface area contributed by atoms with Gasteiger partial charge in [-0.3, -0.25) is 4.79 Å². The number of aromatic nitrogens is 2. The fourth-order valence-corrected chi connectivity index (χ4v) is 5.94. The van der Waals surface area contributed by atoms with E-state index in [4.69, 9.17) is 4.74 Å². The van der Waals surface area contributed by atoms with Crippen molar-refractivity contribution in [3.8, 4) is 5.75 Å². The summed E-state index contributed by atoms with van der Waals surface area (Å²) in [5.41, 5.74) is 2.05. The van der Waals surface area contributed by atoms with Gasteiger partial charge in [-0.25, -0.2) is 17.8 Å². The molecule has 0 aliphatic heterocycles. The second kappa shape index (κ2) is 10.8. The van der Waals surface area contributed by atoms with Crippen LogP contribution in [0.2, 0.25) is 0 Å². The number of rotatable bonds is 10. The number of hydrogen-bond donors (Lipinski definition) is 0. The third-order valence-corrected chi connectivity index (χ3v) is 8.14. The van der Waals surface area contributed by atoms with Crippen molar-refractivity contribution in [1.29, 1.82) is 0 Å². The van der Waals surface area contributed by atoms with Gasteiger partial charge in [-0.2, -0.15) is 0 Å². The van der Waals surface area contributed by atoms with Crippen LogP contribution < -0.4 is 4.74 Å². The number of methoxy groups -OCH3 is 1. The van der Waals surface area contributed by atoms with Gasteiger partial charge in [0.05, 0.1) is 37.8 Å². The van der Waals surface area contributed by atoms with E-state index in [-0.39, 0.29) is 35.8 Å². The number of halogens is 1. The Bertz CT molecular complexity index is 1550. The molecule has 9 heteroatoms. The summed E-state index contributed by atoms with van der Waals surface area (Å²) < 4.78 is 48.2. The highest BCUT2D eigenvalue weighted by Gasteiger charge is 2.35. The average Bonchev–Trinajstić information content (AvgIpc) is 3.69. The molecule has 3 aromatic carbocycles. The SMILES string of the molecule is COc1cccc(C(=O)N(Cc2cnc(S(=O)(=O)Cc3ccccc3F)n2Cc2ccccc2)C2CC2)c1. The Labute approximate surface area is 221 Å². The first-order valence-electron chi connectivity index (χ1n) is 12.4. The average molecular weight is 534 g/mol. The highest BCUT2D eigenvalue weighted by atomic mass is 32.2. The van der Waals surface area contributed by atoms with Crippen LogP contribution >= 0.6 is 0 Å². The maximum absolute atomic E-state index is 14.3. The Morgan fingerprint density at radius 2 is 1.79 bits per heavy atom. The van der Waals surface area contributed by atoms with Gasteiger partial charge in [0.15, 0.2) is 0 Å². The molecule has 38 heavy (non-hydrogen) atoms. The van der Waals surface area contributed by atoms with Gasteiger partial charge in [0, 0.05) is 17.2 Å². The second-order valence-corrected chi connectivity index (χ2v) is 11.2. The maximum Gasteiger partial charge on any atom is 0.254 e. The second-order valence-electron chi connectivity index (χ2n) is 9.35. The number of benzene rings is 3. The fraction of sp³-hybridized carbons (Fsp3) is 0.241. The summed E-state index contributed by atoms with van der Waals surface area (Å²) in [7, 11) is -2.45. The van der Waals surface area contributed by atoms with E-state index >= 15 is 0 Å². The third-order valence-electron chi connectivity index (χ3n) is 6.56. The molecule has 4 aromatic rings. The minimum Gasteiger partial charge on any atom is -0.497 e. The zero-order chi connectivity index (χ0) is 26.7. The molecule has 1 aliphatic carbocycles. The van der Waals surface area contributed by atoms with Gasteiger partial charge < -0.3 is 14.2 Å². The Balaban J connectivity index is 1.51. The van der Waals surface area contributed by atoms with Gasteiger partial charge >= 0.3 is 0 Å². The van der Waals surface area contributed by atoms with Gasteiger partial charge in [0.1, 0.15) is 11.6 Å². The molecule has 196 valence electrons. The first kappa shape index (κ1) is 25.7. The smallest absolute Gasteiger partial charge is 0.254 e. The van der Waals surface area contributed by atoms with Crippen LogP contribution in [0.25, 0.3) is 0 Å². The van der Waals surface area contributed by atoms with Crippen molar-refractivity contribution in [1.82, 2.24) is 14.5 Å². The van der Waals surface area contributed by atoms with Crippen LogP contribution in [0, 0.1) is 5.82 Å². The van der Waals surface area contributed by atoms with Crippen molar-refractivity contribution in [3.63, 3.8) is 0 Å². The van der Waals surface area contributed by atoms with Crippen molar-refractivity contribution < 1.29 is 22.3 Å². The molecule has 1 amide bonds. The Morgan fingerprint density at radius 3 is 2.50 bits per heavy atom. The molecular weight excluding hydrogens is 505 g/mol.